The predicted molar refractivity (Wildman–Crippen MR) is 98.5 cm³/mol. The molecule has 2 aromatic carbocycles. The number of hydrogen-bond acceptors (Lipinski definition) is 2. The lowest BCUT2D eigenvalue weighted by molar-refractivity contribution is 0.215. The summed E-state index contributed by atoms with van der Waals surface area (Å²) >= 11 is 6.12. The average molecular weight is 351 g/mol. The second kappa shape index (κ2) is 6.81. The van der Waals surface area contributed by atoms with E-state index in [0.717, 1.165) is 0 Å². The second-order valence-corrected chi connectivity index (χ2v) is 6.86. The van der Waals surface area contributed by atoms with Gasteiger partial charge >= 0.3 is 0 Å². The lowest BCUT2D eigenvalue weighted by Gasteiger charge is -2.18. The molecule has 0 unspecified atom stereocenters. The summed E-state index contributed by atoms with van der Waals surface area (Å²) in [5.41, 5.74) is 7.28. The lowest BCUT2D eigenvalue weighted by Crippen LogP contribution is -2.17. The van der Waals surface area contributed by atoms with E-state index in [-0.39, 0.29) is 6.42 Å². The van der Waals surface area contributed by atoms with E-state index >= 15 is 0 Å². The summed E-state index contributed by atoms with van der Waals surface area (Å²) in [6, 6.07) is 8.36. The van der Waals surface area contributed by atoms with Gasteiger partial charge in [-0.1, -0.05) is 30.3 Å². The second-order valence-electron chi connectivity index (χ2n) is 6.45. The third kappa shape index (κ3) is 4.26. The van der Waals surface area contributed by atoms with E-state index in [1.807, 2.05) is 0 Å². The molecular weight excluding hydrogens is 330 g/mol. The summed E-state index contributed by atoms with van der Waals surface area (Å²) in [6.45, 7) is 8.45. The highest BCUT2D eigenvalue weighted by Gasteiger charge is 2.21. The van der Waals surface area contributed by atoms with Gasteiger partial charge in [0, 0.05) is 23.4 Å². The Morgan fingerprint density at radius 2 is 1.96 bits per heavy atom. The molecule has 2 nitrogen and oxygen atoms in total. The van der Waals surface area contributed by atoms with Crippen LogP contribution in [0.3, 0.4) is 0 Å². The van der Waals surface area contributed by atoms with Crippen molar-refractivity contribution in [3.63, 3.8) is 0 Å². The summed E-state index contributed by atoms with van der Waals surface area (Å²) in [7, 11) is 0. The third-order valence-electron chi connectivity index (χ3n) is 3.68. The van der Waals surface area contributed by atoms with Gasteiger partial charge in [0.05, 0.1) is 10.7 Å². The number of benzene rings is 2. The van der Waals surface area contributed by atoms with Gasteiger partial charge in [-0.15, -0.1) is 0 Å². The normalized spacial score (nSPS) is 11.4. The molecule has 24 heavy (non-hydrogen) atoms. The van der Waals surface area contributed by atoms with E-state index < -0.39 is 11.5 Å². The molecule has 2 rings (SSSR count). The zero-order valence-electron chi connectivity index (χ0n) is 14.0. The summed E-state index contributed by atoms with van der Waals surface area (Å²) in [6.07, 6.45) is 0.0148. The van der Waals surface area contributed by atoms with E-state index in [0.29, 0.717) is 38.8 Å². The summed E-state index contributed by atoms with van der Waals surface area (Å²) in [5.74, 6) is -0.417. The van der Waals surface area contributed by atoms with E-state index in [4.69, 9.17) is 17.3 Å². The standard InChI is InChI=1S/C19H21ClF2N2/c1-11-15(7-5-13(18(11)21)10-19(3,4)22)12(2)24-17-9-14(23)6-8-16(17)20/h5-9,24H,2,10,23H2,1,3-4H3. The van der Waals surface area contributed by atoms with Crippen molar-refractivity contribution in [2.75, 3.05) is 11.1 Å². The van der Waals surface area contributed by atoms with Crippen LogP contribution in [0.5, 0.6) is 0 Å². The molecule has 0 saturated carbocycles. The molecular formula is C19H21ClF2N2. The summed E-state index contributed by atoms with van der Waals surface area (Å²) in [4.78, 5) is 0. The van der Waals surface area contributed by atoms with Gasteiger partial charge in [0.15, 0.2) is 0 Å². The van der Waals surface area contributed by atoms with E-state index in [2.05, 4.69) is 11.9 Å². The van der Waals surface area contributed by atoms with E-state index in [1.54, 1.807) is 37.3 Å². The number of anilines is 2. The van der Waals surface area contributed by atoms with Crippen molar-refractivity contribution in [3.8, 4) is 0 Å². The number of rotatable bonds is 5. The first-order chi connectivity index (χ1) is 11.1. The number of nitrogens with one attached hydrogen (secondary N) is 1. The third-order valence-corrected chi connectivity index (χ3v) is 4.01. The van der Waals surface area contributed by atoms with Crippen LogP contribution in [0.4, 0.5) is 20.2 Å². The van der Waals surface area contributed by atoms with Crippen molar-refractivity contribution in [2.45, 2.75) is 32.9 Å². The Morgan fingerprint density at radius 3 is 2.58 bits per heavy atom. The Balaban J connectivity index is 2.30. The first-order valence-electron chi connectivity index (χ1n) is 7.56. The van der Waals surface area contributed by atoms with Crippen molar-refractivity contribution in [1.29, 1.82) is 0 Å². The molecule has 0 aliphatic carbocycles. The molecule has 0 heterocycles. The van der Waals surface area contributed by atoms with Gasteiger partial charge in [0.2, 0.25) is 0 Å². The average Bonchev–Trinajstić information content (AvgIpc) is 2.46. The van der Waals surface area contributed by atoms with Crippen molar-refractivity contribution >= 4 is 28.7 Å². The van der Waals surface area contributed by atoms with Crippen LogP contribution in [0, 0.1) is 12.7 Å². The highest BCUT2D eigenvalue weighted by molar-refractivity contribution is 6.33. The van der Waals surface area contributed by atoms with Crippen LogP contribution in [0.2, 0.25) is 5.02 Å². The Bertz CT molecular complexity index is 780. The minimum absolute atomic E-state index is 0.0148. The molecule has 0 amide bonds. The maximum absolute atomic E-state index is 14.6. The fourth-order valence-electron chi connectivity index (χ4n) is 2.53. The molecule has 0 radical (unpaired) electrons. The smallest absolute Gasteiger partial charge is 0.130 e. The summed E-state index contributed by atoms with van der Waals surface area (Å²) < 4.78 is 28.3. The molecule has 0 atom stereocenters. The Labute approximate surface area is 146 Å². The summed E-state index contributed by atoms with van der Waals surface area (Å²) in [5, 5.41) is 3.54. The Kier molecular flexibility index (Phi) is 5.19. The van der Waals surface area contributed by atoms with Crippen molar-refractivity contribution in [2.24, 2.45) is 0 Å². The van der Waals surface area contributed by atoms with E-state index in [1.165, 1.54) is 13.8 Å². The molecule has 128 valence electrons. The van der Waals surface area contributed by atoms with Crippen LogP contribution in [-0.4, -0.2) is 5.67 Å². The highest BCUT2D eigenvalue weighted by Crippen LogP contribution is 2.30. The van der Waals surface area contributed by atoms with E-state index in [9.17, 15) is 8.78 Å². The van der Waals surface area contributed by atoms with Crippen LogP contribution < -0.4 is 11.1 Å². The van der Waals surface area contributed by atoms with Crippen LogP contribution in [-0.2, 0) is 6.42 Å². The molecule has 0 spiro atoms. The lowest BCUT2D eigenvalue weighted by atomic mass is 9.95. The molecule has 5 heteroatoms. The molecule has 0 fully saturated rings. The van der Waals surface area contributed by atoms with Gasteiger partial charge in [0.1, 0.15) is 11.5 Å². The number of hydrogen-bond donors (Lipinski definition) is 2. The zero-order chi connectivity index (χ0) is 18.1. The monoisotopic (exact) mass is 350 g/mol. The number of nitrogen functional groups attached to an aromatic ring is 1. The number of alkyl halides is 1. The van der Waals surface area contributed by atoms with Gasteiger partial charge < -0.3 is 11.1 Å². The Morgan fingerprint density at radius 1 is 1.29 bits per heavy atom. The van der Waals surface area contributed by atoms with Gasteiger partial charge in [-0.3, -0.25) is 0 Å². The van der Waals surface area contributed by atoms with Crippen LogP contribution in [0.15, 0.2) is 36.9 Å². The molecule has 0 aliphatic rings. The number of nitrogens with two attached hydrogens (primary N) is 1. The van der Waals surface area contributed by atoms with Crippen LogP contribution in [0.25, 0.3) is 5.70 Å². The van der Waals surface area contributed by atoms with Crippen LogP contribution in [0.1, 0.15) is 30.5 Å². The van der Waals surface area contributed by atoms with Crippen LogP contribution >= 0.6 is 11.6 Å². The van der Waals surface area contributed by atoms with Gasteiger partial charge in [-0.05, 0) is 50.1 Å². The largest absolute Gasteiger partial charge is 0.399 e. The van der Waals surface area contributed by atoms with Gasteiger partial charge in [-0.25, -0.2) is 8.78 Å². The fourth-order valence-corrected chi connectivity index (χ4v) is 2.69. The van der Waals surface area contributed by atoms with Gasteiger partial charge in [0.25, 0.3) is 0 Å². The molecule has 0 aliphatic heterocycles. The minimum Gasteiger partial charge on any atom is -0.399 e. The first-order valence-corrected chi connectivity index (χ1v) is 7.94. The molecule has 3 N–H and O–H groups in total. The van der Waals surface area contributed by atoms with Crippen molar-refractivity contribution in [3.05, 3.63) is 64.4 Å². The first kappa shape index (κ1) is 18.3. The zero-order valence-corrected chi connectivity index (χ0v) is 14.8. The number of halogens is 3. The minimum atomic E-state index is -1.47. The Hall–Kier alpha value is -2.07. The highest BCUT2D eigenvalue weighted by atomic mass is 35.5. The van der Waals surface area contributed by atoms with Gasteiger partial charge in [-0.2, -0.15) is 0 Å². The predicted octanol–water partition coefficient (Wildman–Crippen LogP) is 5.74. The van der Waals surface area contributed by atoms with Crippen molar-refractivity contribution in [1.82, 2.24) is 0 Å². The maximum atomic E-state index is 14.6. The maximum Gasteiger partial charge on any atom is 0.130 e. The quantitative estimate of drug-likeness (QED) is 0.674. The topological polar surface area (TPSA) is 38.0 Å². The molecule has 0 saturated heterocycles. The SMILES string of the molecule is C=C(Nc1cc(N)ccc1Cl)c1ccc(CC(C)(C)F)c(F)c1C. The van der Waals surface area contributed by atoms with Crippen molar-refractivity contribution < 1.29 is 8.78 Å². The molecule has 0 bridgehead atoms. The fraction of sp³-hybridized carbons (Fsp3) is 0.263. The molecule has 2 aromatic rings. The molecule has 0 aromatic heterocycles.